The first-order valence-corrected chi connectivity index (χ1v) is 7.66. The number of hydrogen-bond donors (Lipinski definition) is 0. The predicted molar refractivity (Wildman–Crippen MR) is 80.0 cm³/mol. The van der Waals surface area contributed by atoms with Crippen LogP contribution in [0.1, 0.15) is 32.6 Å². The summed E-state index contributed by atoms with van der Waals surface area (Å²) in [5.74, 6) is -0.112. The molecule has 6 nitrogen and oxygen atoms in total. The summed E-state index contributed by atoms with van der Waals surface area (Å²) >= 11 is 0. The molecule has 1 saturated heterocycles. The Morgan fingerprint density at radius 3 is 2.62 bits per heavy atom. The number of piperidine rings is 1. The van der Waals surface area contributed by atoms with Crippen LogP contribution >= 0.6 is 0 Å². The van der Waals surface area contributed by atoms with Gasteiger partial charge in [0.15, 0.2) is 0 Å². The largest absolute Gasteiger partial charge is 0.469 e. The van der Waals surface area contributed by atoms with E-state index < -0.39 is 0 Å². The molecular formula is C15H28N2O4. The van der Waals surface area contributed by atoms with Crippen LogP contribution in [-0.2, 0) is 19.1 Å². The van der Waals surface area contributed by atoms with Crippen molar-refractivity contribution in [1.29, 1.82) is 0 Å². The zero-order valence-corrected chi connectivity index (χ0v) is 13.5. The Kier molecular flexibility index (Phi) is 8.30. The molecule has 1 amide bonds. The maximum Gasteiger partial charge on any atom is 0.306 e. The highest BCUT2D eigenvalue weighted by Crippen LogP contribution is 2.16. The Hall–Kier alpha value is -1.14. The summed E-state index contributed by atoms with van der Waals surface area (Å²) in [7, 11) is 3.01. The SMILES string of the molecule is COCCN(CCC(=O)OC)CC(=O)N1CCCCC1C. The predicted octanol–water partition coefficient (Wildman–Crippen LogP) is 0.899. The van der Waals surface area contributed by atoms with Gasteiger partial charge in [0.05, 0.1) is 26.7 Å². The minimum absolute atomic E-state index is 0.142. The third-order valence-corrected chi connectivity index (χ3v) is 3.95. The van der Waals surface area contributed by atoms with Gasteiger partial charge in [0, 0.05) is 32.8 Å². The van der Waals surface area contributed by atoms with Crippen LogP contribution in [0.3, 0.4) is 0 Å². The number of rotatable bonds is 8. The van der Waals surface area contributed by atoms with Crippen molar-refractivity contribution in [3.8, 4) is 0 Å². The van der Waals surface area contributed by atoms with Crippen molar-refractivity contribution < 1.29 is 19.1 Å². The number of nitrogens with zero attached hydrogens (tertiary/aromatic N) is 2. The lowest BCUT2D eigenvalue weighted by atomic mass is 10.0. The molecule has 1 fully saturated rings. The van der Waals surface area contributed by atoms with Gasteiger partial charge in [-0.05, 0) is 26.2 Å². The average Bonchev–Trinajstić information content (AvgIpc) is 2.49. The smallest absolute Gasteiger partial charge is 0.306 e. The van der Waals surface area contributed by atoms with Crippen molar-refractivity contribution in [1.82, 2.24) is 9.80 Å². The second-order valence-corrected chi connectivity index (χ2v) is 5.53. The van der Waals surface area contributed by atoms with Crippen molar-refractivity contribution in [3.05, 3.63) is 0 Å². The van der Waals surface area contributed by atoms with E-state index >= 15 is 0 Å². The Bertz CT molecular complexity index is 336. The molecule has 0 N–H and O–H groups in total. The van der Waals surface area contributed by atoms with Crippen LogP contribution in [0.5, 0.6) is 0 Å². The van der Waals surface area contributed by atoms with Gasteiger partial charge in [-0.1, -0.05) is 0 Å². The summed E-state index contributed by atoms with van der Waals surface area (Å²) in [4.78, 5) is 27.6. The molecule has 1 heterocycles. The molecule has 0 aliphatic carbocycles. The third-order valence-electron chi connectivity index (χ3n) is 3.95. The molecule has 1 aliphatic rings. The molecule has 0 bridgehead atoms. The van der Waals surface area contributed by atoms with E-state index in [4.69, 9.17) is 4.74 Å². The summed E-state index contributed by atoms with van der Waals surface area (Å²) in [6, 6.07) is 0.316. The molecule has 0 saturated carbocycles. The first-order chi connectivity index (χ1) is 10.1. The second-order valence-electron chi connectivity index (χ2n) is 5.53. The lowest BCUT2D eigenvalue weighted by Crippen LogP contribution is -2.47. The lowest BCUT2D eigenvalue weighted by Gasteiger charge is -2.35. The molecule has 1 rings (SSSR count). The Labute approximate surface area is 127 Å². The highest BCUT2D eigenvalue weighted by Gasteiger charge is 2.24. The Morgan fingerprint density at radius 1 is 1.24 bits per heavy atom. The van der Waals surface area contributed by atoms with Crippen LogP contribution in [0.4, 0.5) is 0 Å². The van der Waals surface area contributed by atoms with Gasteiger partial charge in [-0.15, -0.1) is 0 Å². The Balaban J connectivity index is 2.49. The lowest BCUT2D eigenvalue weighted by molar-refractivity contribution is -0.142. The van der Waals surface area contributed by atoms with Crippen molar-refractivity contribution >= 4 is 11.9 Å². The maximum atomic E-state index is 12.4. The number of likely N-dealkylation sites (tertiary alicyclic amines) is 1. The van der Waals surface area contributed by atoms with Crippen molar-refractivity contribution in [2.75, 3.05) is 47.0 Å². The van der Waals surface area contributed by atoms with Crippen molar-refractivity contribution in [2.24, 2.45) is 0 Å². The molecule has 122 valence electrons. The fraction of sp³-hybridized carbons (Fsp3) is 0.867. The van der Waals surface area contributed by atoms with Gasteiger partial charge < -0.3 is 14.4 Å². The number of amides is 1. The standard InChI is InChI=1S/C15H28N2O4/c1-13-6-4-5-8-17(13)14(18)12-16(10-11-20-2)9-7-15(19)21-3/h13H,4-12H2,1-3H3. The van der Waals surface area contributed by atoms with E-state index in [0.29, 0.717) is 38.7 Å². The number of hydrogen-bond acceptors (Lipinski definition) is 5. The summed E-state index contributed by atoms with van der Waals surface area (Å²) in [5, 5.41) is 0. The van der Waals surface area contributed by atoms with Crippen LogP contribution in [0.2, 0.25) is 0 Å². The van der Waals surface area contributed by atoms with Gasteiger partial charge >= 0.3 is 5.97 Å². The van der Waals surface area contributed by atoms with E-state index in [2.05, 4.69) is 11.7 Å². The van der Waals surface area contributed by atoms with Crippen LogP contribution < -0.4 is 0 Å². The normalized spacial score (nSPS) is 18.9. The van der Waals surface area contributed by atoms with E-state index in [1.54, 1.807) is 7.11 Å². The monoisotopic (exact) mass is 300 g/mol. The number of methoxy groups -OCH3 is 2. The van der Waals surface area contributed by atoms with Gasteiger partial charge in [0.2, 0.25) is 5.91 Å². The third kappa shape index (κ3) is 6.44. The van der Waals surface area contributed by atoms with E-state index in [1.165, 1.54) is 13.5 Å². The Morgan fingerprint density at radius 2 is 2.00 bits per heavy atom. The van der Waals surface area contributed by atoms with Crippen molar-refractivity contribution in [2.45, 2.75) is 38.6 Å². The summed E-state index contributed by atoms with van der Waals surface area (Å²) in [6.07, 6.45) is 3.64. The molecule has 0 aromatic carbocycles. The van der Waals surface area contributed by atoms with Gasteiger partial charge in [-0.3, -0.25) is 14.5 Å². The molecule has 1 atom stereocenters. The number of ether oxygens (including phenoxy) is 2. The van der Waals surface area contributed by atoms with Crippen LogP contribution in [0, 0.1) is 0 Å². The van der Waals surface area contributed by atoms with Crippen LogP contribution in [0.15, 0.2) is 0 Å². The second kappa shape index (κ2) is 9.73. The van der Waals surface area contributed by atoms with Gasteiger partial charge in [0.25, 0.3) is 0 Å². The molecule has 6 heteroatoms. The first-order valence-electron chi connectivity index (χ1n) is 7.66. The minimum Gasteiger partial charge on any atom is -0.469 e. The summed E-state index contributed by atoms with van der Waals surface area (Å²) in [6.45, 7) is 4.99. The number of esters is 1. The van der Waals surface area contributed by atoms with E-state index in [0.717, 1.165) is 19.4 Å². The quantitative estimate of drug-likeness (QED) is 0.623. The summed E-state index contributed by atoms with van der Waals surface area (Å²) in [5.41, 5.74) is 0. The van der Waals surface area contributed by atoms with Crippen LogP contribution in [-0.4, -0.2) is 74.7 Å². The molecular weight excluding hydrogens is 272 g/mol. The molecule has 0 aromatic rings. The van der Waals surface area contributed by atoms with Gasteiger partial charge in [-0.25, -0.2) is 0 Å². The topological polar surface area (TPSA) is 59.1 Å². The first kappa shape index (κ1) is 17.9. The molecule has 1 aliphatic heterocycles. The van der Waals surface area contributed by atoms with E-state index in [9.17, 15) is 9.59 Å². The van der Waals surface area contributed by atoms with Crippen LogP contribution in [0.25, 0.3) is 0 Å². The zero-order chi connectivity index (χ0) is 15.7. The number of carbonyl (C=O) groups excluding carboxylic acids is 2. The van der Waals surface area contributed by atoms with E-state index in [1.807, 2.05) is 9.80 Å². The molecule has 0 spiro atoms. The molecule has 1 unspecified atom stereocenters. The summed E-state index contributed by atoms with van der Waals surface area (Å²) < 4.78 is 9.72. The highest BCUT2D eigenvalue weighted by molar-refractivity contribution is 5.78. The van der Waals surface area contributed by atoms with Crippen molar-refractivity contribution in [3.63, 3.8) is 0 Å². The molecule has 0 aromatic heterocycles. The maximum absolute atomic E-state index is 12.4. The highest BCUT2D eigenvalue weighted by atomic mass is 16.5. The van der Waals surface area contributed by atoms with E-state index in [-0.39, 0.29) is 11.9 Å². The minimum atomic E-state index is -0.254. The fourth-order valence-corrected chi connectivity index (χ4v) is 2.59. The number of carbonyl (C=O) groups is 2. The van der Waals surface area contributed by atoms with Gasteiger partial charge in [0.1, 0.15) is 0 Å². The molecule has 0 radical (unpaired) electrons. The average molecular weight is 300 g/mol. The molecule has 21 heavy (non-hydrogen) atoms. The fourth-order valence-electron chi connectivity index (χ4n) is 2.59. The van der Waals surface area contributed by atoms with Gasteiger partial charge in [-0.2, -0.15) is 0 Å². The zero-order valence-electron chi connectivity index (χ0n) is 13.5.